The maximum atomic E-state index is 11.7. The van der Waals surface area contributed by atoms with Gasteiger partial charge in [-0.1, -0.05) is 13.8 Å². The van der Waals surface area contributed by atoms with Gasteiger partial charge in [0.25, 0.3) is 0 Å². The maximum absolute atomic E-state index is 11.7. The van der Waals surface area contributed by atoms with Crippen molar-refractivity contribution in [2.75, 3.05) is 7.05 Å². The second kappa shape index (κ2) is 5.11. The maximum Gasteiger partial charge on any atom is 0.240 e. The lowest BCUT2D eigenvalue weighted by molar-refractivity contribution is -0.131. The lowest BCUT2D eigenvalue weighted by Crippen LogP contribution is -2.57. The van der Waals surface area contributed by atoms with E-state index < -0.39 is 17.5 Å². The van der Waals surface area contributed by atoms with Crippen LogP contribution in [0.3, 0.4) is 0 Å². The van der Waals surface area contributed by atoms with E-state index in [0.29, 0.717) is 0 Å². The molecule has 0 aromatic rings. The summed E-state index contributed by atoms with van der Waals surface area (Å²) in [5, 5.41) is 5.49. The van der Waals surface area contributed by atoms with Gasteiger partial charge in [0.05, 0.1) is 5.54 Å². The molecule has 0 saturated heterocycles. The molecular weight excluding hydrogens is 194 g/mol. The molecule has 15 heavy (non-hydrogen) atoms. The molecule has 1 atom stereocenters. The summed E-state index contributed by atoms with van der Waals surface area (Å²) in [4.78, 5) is 22.8. The second-order valence-corrected chi connectivity index (χ2v) is 4.47. The van der Waals surface area contributed by atoms with Crippen LogP contribution in [-0.4, -0.2) is 30.4 Å². The van der Waals surface area contributed by atoms with Crippen molar-refractivity contribution in [3.63, 3.8) is 0 Å². The third kappa shape index (κ3) is 3.87. The monoisotopic (exact) mass is 215 g/mol. The molecule has 5 nitrogen and oxygen atoms in total. The topological polar surface area (TPSA) is 84.2 Å². The number of amides is 2. The van der Waals surface area contributed by atoms with Crippen molar-refractivity contribution < 1.29 is 9.59 Å². The first-order valence-corrected chi connectivity index (χ1v) is 5.01. The van der Waals surface area contributed by atoms with Gasteiger partial charge in [-0.15, -0.1) is 0 Å². The second-order valence-electron chi connectivity index (χ2n) is 4.47. The molecule has 0 aromatic heterocycles. The molecule has 2 amide bonds. The fraction of sp³-hybridized carbons (Fsp3) is 0.800. The summed E-state index contributed by atoms with van der Waals surface area (Å²) < 4.78 is 0. The van der Waals surface area contributed by atoms with Crippen LogP contribution in [-0.2, 0) is 9.59 Å². The predicted molar refractivity (Wildman–Crippen MR) is 59.1 cm³/mol. The molecule has 0 aliphatic rings. The zero-order valence-corrected chi connectivity index (χ0v) is 10.0. The van der Waals surface area contributed by atoms with Crippen molar-refractivity contribution in [3.8, 4) is 0 Å². The number of primary amides is 1. The van der Waals surface area contributed by atoms with Crippen LogP contribution in [0.25, 0.3) is 0 Å². The highest BCUT2D eigenvalue weighted by Crippen LogP contribution is 2.05. The SMILES string of the molecule is CNC(C)(C)C(=O)NC(C(N)=O)C(C)C. The van der Waals surface area contributed by atoms with Crippen molar-refractivity contribution >= 4 is 11.8 Å². The zero-order chi connectivity index (χ0) is 12.2. The molecule has 0 heterocycles. The average molecular weight is 215 g/mol. The van der Waals surface area contributed by atoms with E-state index in [4.69, 9.17) is 5.73 Å². The van der Waals surface area contributed by atoms with E-state index in [1.54, 1.807) is 20.9 Å². The van der Waals surface area contributed by atoms with Crippen LogP contribution in [0.2, 0.25) is 0 Å². The van der Waals surface area contributed by atoms with Gasteiger partial charge in [-0.2, -0.15) is 0 Å². The largest absolute Gasteiger partial charge is 0.368 e. The van der Waals surface area contributed by atoms with Crippen molar-refractivity contribution in [3.05, 3.63) is 0 Å². The molecule has 0 radical (unpaired) electrons. The van der Waals surface area contributed by atoms with Gasteiger partial charge in [0, 0.05) is 0 Å². The normalized spacial score (nSPS) is 13.7. The van der Waals surface area contributed by atoms with E-state index >= 15 is 0 Å². The Labute approximate surface area is 90.8 Å². The molecule has 0 aromatic carbocycles. The Balaban J connectivity index is 4.57. The molecule has 0 aliphatic carbocycles. The van der Waals surface area contributed by atoms with Gasteiger partial charge in [0.2, 0.25) is 11.8 Å². The van der Waals surface area contributed by atoms with E-state index in [0.717, 1.165) is 0 Å². The van der Waals surface area contributed by atoms with Gasteiger partial charge in [0.15, 0.2) is 0 Å². The molecule has 0 aliphatic heterocycles. The summed E-state index contributed by atoms with van der Waals surface area (Å²) in [5.74, 6) is -0.758. The summed E-state index contributed by atoms with van der Waals surface area (Å²) in [6, 6.07) is -0.620. The van der Waals surface area contributed by atoms with Gasteiger partial charge < -0.3 is 16.4 Å². The fourth-order valence-electron chi connectivity index (χ4n) is 1.00. The highest BCUT2D eigenvalue weighted by atomic mass is 16.2. The summed E-state index contributed by atoms with van der Waals surface area (Å²) in [6.45, 7) is 7.14. The average Bonchev–Trinajstić information content (AvgIpc) is 2.12. The minimum absolute atomic E-state index is 0.0147. The summed E-state index contributed by atoms with van der Waals surface area (Å²) in [7, 11) is 1.69. The lowest BCUT2D eigenvalue weighted by atomic mass is 10.00. The highest BCUT2D eigenvalue weighted by Gasteiger charge is 2.30. The van der Waals surface area contributed by atoms with Crippen molar-refractivity contribution in [2.24, 2.45) is 11.7 Å². The minimum Gasteiger partial charge on any atom is -0.368 e. The predicted octanol–water partition coefficient (Wildman–Crippen LogP) is -0.389. The van der Waals surface area contributed by atoms with E-state index in [1.807, 2.05) is 13.8 Å². The summed E-state index contributed by atoms with van der Waals surface area (Å²) in [6.07, 6.45) is 0. The molecular formula is C10H21N3O2. The van der Waals surface area contributed by atoms with Gasteiger partial charge in [-0.05, 0) is 26.8 Å². The quantitative estimate of drug-likeness (QED) is 0.584. The van der Waals surface area contributed by atoms with Gasteiger partial charge in [-0.25, -0.2) is 0 Å². The molecule has 0 fully saturated rings. The molecule has 0 rings (SSSR count). The molecule has 1 unspecified atom stereocenters. The highest BCUT2D eigenvalue weighted by molar-refractivity contribution is 5.91. The first kappa shape index (κ1) is 13.9. The summed E-state index contributed by atoms with van der Waals surface area (Å²) in [5.41, 5.74) is 4.49. The molecule has 0 saturated carbocycles. The number of carbonyl (C=O) groups excluding carboxylic acids is 2. The van der Waals surface area contributed by atoms with E-state index in [-0.39, 0.29) is 11.8 Å². The Kier molecular flexibility index (Phi) is 4.74. The van der Waals surface area contributed by atoms with Crippen LogP contribution >= 0.6 is 0 Å². The van der Waals surface area contributed by atoms with E-state index in [9.17, 15) is 9.59 Å². The van der Waals surface area contributed by atoms with Crippen LogP contribution < -0.4 is 16.4 Å². The number of hydrogen-bond donors (Lipinski definition) is 3. The smallest absolute Gasteiger partial charge is 0.240 e. The van der Waals surface area contributed by atoms with Crippen LogP contribution in [0.5, 0.6) is 0 Å². The lowest BCUT2D eigenvalue weighted by Gasteiger charge is -2.27. The molecule has 5 heteroatoms. The number of nitrogens with two attached hydrogens (primary N) is 1. The molecule has 0 spiro atoms. The third-order valence-electron chi connectivity index (χ3n) is 2.45. The Morgan fingerprint density at radius 1 is 1.27 bits per heavy atom. The first-order chi connectivity index (χ1) is 6.72. The van der Waals surface area contributed by atoms with E-state index in [2.05, 4.69) is 10.6 Å². The van der Waals surface area contributed by atoms with Crippen molar-refractivity contribution in [1.29, 1.82) is 0 Å². The number of hydrogen-bond acceptors (Lipinski definition) is 3. The van der Waals surface area contributed by atoms with Gasteiger partial charge in [-0.3, -0.25) is 9.59 Å². The Bertz CT molecular complexity index is 249. The third-order valence-corrected chi connectivity index (χ3v) is 2.45. The van der Waals surface area contributed by atoms with Crippen molar-refractivity contribution in [1.82, 2.24) is 10.6 Å². The molecule has 0 bridgehead atoms. The fourth-order valence-corrected chi connectivity index (χ4v) is 1.00. The summed E-state index contributed by atoms with van der Waals surface area (Å²) >= 11 is 0. The minimum atomic E-state index is -0.706. The van der Waals surface area contributed by atoms with Crippen molar-refractivity contribution in [2.45, 2.75) is 39.3 Å². The van der Waals surface area contributed by atoms with Crippen LogP contribution in [0.1, 0.15) is 27.7 Å². The Morgan fingerprint density at radius 2 is 1.73 bits per heavy atom. The van der Waals surface area contributed by atoms with Crippen LogP contribution in [0, 0.1) is 5.92 Å². The standard InChI is InChI=1S/C10H21N3O2/c1-6(2)7(8(11)14)13-9(15)10(3,4)12-5/h6-7,12H,1-5H3,(H2,11,14)(H,13,15). The first-order valence-electron chi connectivity index (χ1n) is 5.01. The van der Waals surface area contributed by atoms with Gasteiger partial charge in [0.1, 0.15) is 6.04 Å². The Hall–Kier alpha value is -1.10. The molecule has 88 valence electrons. The number of carbonyl (C=O) groups is 2. The van der Waals surface area contributed by atoms with Crippen LogP contribution in [0.4, 0.5) is 0 Å². The Morgan fingerprint density at radius 3 is 2.00 bits per heavy atom. The van der Waals surface area contributed by atoms with Crippen LogP contribution in [0.15, 0.2) is 0 Å². The number of nitrogens with one attached hydrogen (secondary N) is 2. The zero-order valence-electron chi connectivity index (χ0n) is 10.0. The number of rotatable bonds is 5. The molecule has 4 N–H and O–H groups in total. The number of likely N-dealkylation sites (N-methyl/N-ethyl adjacent to an activating group) is 1. The van der Waals surface area contributed by atoms with Gasteiger partial charge >= 0.3 is 0 Å². The van der Waals surface area contributed by atoms with E-state index in [1.165, 1.54) is 0 Å².